The van der Waals surface area contributed by atoms with E-state index in [9.17, 15) is 4.79 Å². The van der Waals surface area contributed by atoms with Crippen molar-refractivity contribution in [1.29, 1.82) is 0 Å². The molecule has 1 heterocycles. The molecule has 0 aromatic heterocycles. The predicted octanol–water partition coefficient (Wildman–Crippen LogP) is 14.5. The molecule has 3 saturated carbocycles. The largest absolute Gasteiger partial charge is 0.462 e. The first-order valence-corrected chi connectivity index (χ1v) is 28.2. The standard InChI is InChI=1S/C58H103NO6/c1-7-8-9-10-11-12-13-14-15-16-17-18-19-20-21-22-38-63-46-51(45-59-36-40-62-41-37-59)64-43-42-61-39-24-27-56(60)65-50-32-34-57(5)49(44-50)28-29-52-54-31-30-53(48(4)26-23-25-47(2)3)58(54,6)35-33-55(52)57/h14-15,28,47-48,50-55H,7-13,16-27,29-46H2,1-6H3/b15-14-/t48?,50?,51?,52?,53?,54-,55?,57?,58?/m0/s1. The van der Waals surface area contributed by atoms with E-state index in [2.05, 4.69) is 64.7 Å². The zero-order chi connectivity index (χ0) is 46.2. The van der Waals surface area contributed by atoms with Crippen LogP contribution in [0, 0.1) is 46.3 Å². The molecule has 1 aliphatic heterocycles. The summed E-state index contributed by atoms with van der Waals surface area (Å²) in [6, 6.07) is 0. The molecule has 8 unspecified atom stereocenters. The Morgan fingerprint density at radius 1 is 0.769 bits per heavy atom. The van der Waals surface area contributed by atoms with Gasteiger partial charge in [0.05, 0.1) is 39.1 Å². The highest BCUT2D eigenvalue weighted by molar-refractivity contribution is 5.69. The number of hydrogen-bond acceptors (Lipinski definition) is 7. The van der Waals surface area contributed by atoms with Gasteiger partial charge in [-0.1, -0.05) is 142 Å². The first kappa shape index (κ1) is 54.7. The molecule has 376 valence electrons. The average Bonchev–Trinajstić information content (AvgIpc) is 3.66. The molecule has 7 heteroatoms. The van der Waals surface area contributed by atoms with Crippen molar-refractivity contribution in [3.8, 4) is 0 Å². The maximum atomic E-state index is 13.0. The molecule has 65 heavy (non-hydrogen) atoms. The highest BCUT2D eigenvalue weighted by Gasteiger charge is 2.59. The summed E-state index contributed by atoms with van der Waals surface area (Å²) in [5.41, 5.74) is 2.40. The van der Waals surface area contributed by atoms with E-state index in [4.69, 9.17) is 23.7 Å². The lowest BCUT2D eigenvalue weighted by Gasteiger charge is -2.58. The Balaban J connectivity index is 0.899. The lowest BCUT2D eigenvalue weighted by molar-refractivity contribution is -0.152. The molecule has 0 spiro atoms. The van der Waals surface area contributed by atoms with Crippen LogP contribution in [0.4, 0.5) is 0 Å². The average molecular weight is 910 g/mol. The lowest BCUT2D eigenvalue weighted by Crippen LogP contribution is -2.51. The molecular formula is C58H103NO6. The van der Waals surface area contributed by atoms with Gasteiger partial charge in [0.2, 0.25) is 0 Å². The molecule has 0 radical (unpaired) electrons. The van der Waals surface area contributed by atoms with Crippen LogP contribution < -0.4 is 0 Å². The SMILES string of the molecule is CCCCCCCC/C=C\CCCCCCCCOCC(CN1CCOCC1)OCCOCCCC(=O)OC1CCC2(C)C(=CCC3C2CCC2(C)C(C(C)CCCC(C)C)CC[C@@H]32)C1. The molecule has 0 aromatic rings. The quantitative estimate of drug-likeness (QED) is 0.0362. The second kappa shape index (κ2) is 30.4. The molecule has 9 atom stereocenters. The summed E-state index contributed by atoms with van der Waals surface area (Å²) in [5.74, 6) is 5.02. The van der Waals surface area contributed by atoms with Crippen molar-refractivity contribution in [2.45, 2.75) is 227 Å². The summed E-state index contributed by atoms with van der Waals surface area (Å²) in [6.07, 6.45) is 41.2. The Morgan fingerprint density at radius 2 is 1.48 bits per heavy atom. The summed E-state index contributed by atoms with van der Waals surface area (Å²) < 4.78 is 30.2. The van der Waals surface area contributed by atoms with E-state index in [1.807, 2.05) is 0 Å². The van der Waals surface area contributed by atoms with E-state index in [0.29, 0.717) is 44.7 Å². The molecule has 0 amide bonds. The van der Waals surface area contributed by atoms with Gasteiger partial charge in [0, 0.05) is 45.7 Å². The van der Waals surface area contributed by atoms with Crippen LogP contribution in [0.3, 0.4) is 0 Å². The van der Waals surface area contributed by atoms with Gasteiger partial charge in [0.25, 0.3) is 0 Å². The summed E-state index contributed by atoms with van der Waals surface area (Å²) in [6.45, 7) is 22.2. The van der Waals surface area contributed by atoms with Gasteiger partial charge in [-0.2, -0.15) is 0 Å². The molecule has 4 fully saturated rings. The molecule has 0 aromatic carbocycles. The third kappa shape index (κ3) is 18.2. The van der Waals surface area contributed by atoms with Crippen molar-refractivity contribution < 1.29 is 28.5 Å². The molecule has 0 N–H and O–H groups in total. The summed E-state index contributed by atoms with van der Waals surface area (Å²) >= 11 is 0. The number of allylic oxidation sites excluding steroid dienone is 3. The third-order valence-corrected chi connectivity index (χ3v) is 17.5. The van der Waals surface area contributed by atoms with Gasteiger partial charge in [-0.3, -0.25) is 9.69 Å². The van der Waals surface area contributed by atoms with Gasteiger partial charge in [-0.05, 0) is 130 Å². The van der Waals surface area contributed by atoms with Gasteiger partial charge in [0.1, 0.15) is 6.10 Å². The van der Waals surface area contributed by atoms with Crippen LogP contribution in [0.5, 0.6) is 0 Å². The van der Waals surface area contributed by atoms with Gasteiger partial charge in [-0.15, -0.1) is 0 Å². The summed E-state index contributed by atoms with van der Waals surface area (Å²) in [5, 5.41) is 0. The number of hydrogen-bond donors (Lipinski definition) is 0. The van der Waals surface area contributed by atoms with Crippen molar-refractivity contribution in [2.75, 3.05) is 65.9 Å². The fraction of sp³-hybridized carbons (Fsp3) is 0.914. The van der Waals surface area contributed by atoms with Crippen LogP contribution >= 0.6 is 0 Å². The Hall–Kier alpha value is -1.25. The molecule has 4 aliphatic carbocycles. The van der Waals surface area contributed by atoms with E-state index in [-0.39, 0.29) is 23.6 Å². The van der Waals surface area contributed by atoms with E-state index in [1.165, 1.54) is 135 Å². The number of rotatable bonds is 34. The predicted molar refractivity (Wildman–Crippen MR) is 270 cm³/mol. The highest BCUT2D eigenvalue weighted by atomic mass is 16.6. The second-order valence-electron chi connectivity index (χ2n) is 22.8. The minimum atomic E-state index is -0.0647. The molecule has 5 aliphatic rings. The van der Waals surface area contributed by atoms with Crippen molar-refractivity contribution >= 4 is 5.97 Å². The topological polar surface area (TPSA) is 66.5 Å². The minimum Gasteiger partial charge on any atom is -0.462 e. The Bertz CT molecular complexity index is 1340. The molecule has 7 nitrogen and oxygen atoms in total. The van der Waals surface area contributed by atoms with Crippen LogP contribution in [0.25, 0.3) is 0 Å². The Labute approximate surface area is 401 Å². The van der Waals surface area contributed by atoms with Crippen LogP contribution in [-0.2, 0) is 28.5 Å². The van der Waals surface area contributed by atoms with Crippen molar-refractivity contribution in [1.82, 2.24) is 4.90 Å². The normalized spacial score (nSPS) is 29.1. The number of carbonyl (C=O) groups excluding carboxylic acids is 1. The number of nitrogens with zero attached hydrogens (tertiary/aromatic N) is 1. The maximum Gasteiger partial charge on any atom is 0.306 e. The molecule has 0 bridgehead atoms. The van der Waals surface area contributed by atoms with Crippen LogP contribution in [0.2, 0.25) is 0 Å². The zero-order valence-electron chi connectivity index (χ0n) is 43.4. The number of morpholine rings is 1. The van der Waals surface area contributed by atoms with Gasteiger partial charge in [0.15, 0.2) is 0 Å². The number of esters is 1. The molecule has 5 rings (SSSR count). The highest BCUT2D eigenvalue weighted by Crippen LogP contribution is 2.67. The Kier molecular flexibility index (Phi) is 25.6. The van der Waals surface area contributed by atoms with Crippen LogP contribution in [0.15, 0.2) is 23.8 Å². The van der Waals surface area contributed by atoms with Crippen molar-refractivity contribution in [2.24, 2.45) is 46.3 Å². The Morgan fingerprint density at radius 3 is 2.22 bits per heavy atom. The van der Waals surface area contributed by atoms with E-state index in [1.54, 1.807) is 5.57 Å². The number of fused-ring (bicyclic) bond motifs is 5. The fourth-order valence-electron chi connectivity index (χ4n) is 13.6. The minimum absolute atomic E-state index is 0.0229. The van der Waals surface area contributed by atoms with E-state index < -0.39 is 0 Å². The third-order valence-electron chi connectivity index (χ3n) is 17.5. The summed E-state index contributed by atoms with van der Waals surface area (Å²) in [4.78, 5) is 15.5. The van der Waals surface area contributed by atoms with Gasteiger partial charge in [-0.25, -0.2) is 0 Å². The fourth-order valence-corrected chi connectivity index (χ4v) is 13.6. The first-order chi connectivity index (χ1) is 31.6. The van der Waals surface area contributed by atoms with Gasteiger partial charge < -0.3 is 23.7 Å². The number of unbranched alkanes of at least 4 members (excludes halogenated alkanes) is 12. The van der Waals surface area contributed by atoms with Crippen molar-refractivity contribution in [3.05, 3.63) is 23.8 Å². The van der Waals surface area contributed by atoms with Crippen LogP contribution in [0.1, 0.15) is 215 Å². The smallest absolute Gasteiger partial charge is 0.306 e. The van der Waals surface area contributed by atoms with Crippen LogP contribution in [-0.4, -0.2) is 89.0 Å². The number of carbonyl (C=O) groups is 1. The lowest BCUT2D eigenvalue weighted by atomic mass is 9.47. The summed E-state index contributed by atoms with van der Waals surface area (Å²) in [7, 11) is 0. The van der Waals surface area contributed by atoms with Crippen molar-refractivity contribution in [3.63, 3.8) is 0 Å². The van der Waals surface area contributed by atoms with E-state index in [0.717, 1.165) is 101 Å². The second-order valence-corrected chi connectivity index (χ2v) is 22.8. The maximum absolute atomic E-state index is 13.0. The first-order valence-electron chi connectivity index (χ1n) is 28.2. The number of ether oxygens (including phenoxy) is 5. The molecular weight excluding hydrogens is 807 g/mol. The molecule has 1 saturated heterocycles. The van der Waals surface area contributed by atoms with Gasteiger partial charge >= 0.3 is 5.97 Å². The zero-order valence-corrected chi connectivity index (χ0v) is 43.4. The monoisotopic (exact) mass is 910 g/mol. The van der Waals surface area contributed by atoms with E-state index >= 15 is 0 Å².